The van der Waals surface area contributed by atoms with Crippen molar-refractivity contribution in [1.29, 1.82) is 0 Å². The van der Waals surface area contributed by atoms with Crippen LogP contribution in [0.5, 0.6) is 5.75 Å². The molecule has 0 aromatic heterocycles. The van der Waals surface area contributed by atoms with Gasteiger partial charge in [0, 0.05) is 10.7 Å². The summed E-state index contributed by atoms with van der Waals surface area (Å²) in [6.45, 7) is 7.25. The fraction of sp³-hybridized carbons (Fsp3) is 0.471. The fourth-order valence-electron chi connectivity index (χ4n) is 1.99. The molecule has 0 unspecified atom stereocenters. The molecule has 0 fully saturated rings. The molecular weight excluding hydrogens is 332 g/mol. The molecule has 1 N–H and O–H groups in total. The lowest BCUT2D eigenvalue weighted by atomic mass is 10.0. The highest BCUT2D eigenvalue weighted by atomic mass is 35.5. The van der Waals surface area contributed by atoms with Crippen molar-refractivity contribution in [3.05, 3.63) is 28.8 Å². The number of hydrogen-bond acceptors (Lipinski definition) is 5. The maximum absolute atomic E-state index is 11.8. The van der Waals surface area contributed by atoms with E-state index in [0.717, 1.165) is 5.56 Å². The second-order valence-corrected chi connectivity index (χ2v) is 5.61. The molecule has 0 spiro atoms. The lowest BCUT2D eigenvalue weighted by Crippen LogP contribution is -2.29. The summed E-state index contributed by atoms with van der Waals surface area (Å²) in [7, 11) is 0. The molecule has 0 aliphatic heterocycles. The fourth-order valence-corrected chi connectivity index (χ4v) is 2.11. The van der Waals surface area contributed by atoms with Crippen molar-refractivity contribution in [2.75, 3.05) is 13.2 Å². The van der Waals surface area contributed by atoms with Gasteiger partial charge in [-0.05, 0) is 51.0 Å². The van der Waals surface area contributed by atoms with Crippen molar-refractivity contribution in [2.24, 2.45) is 11.0 Å². The minimum atomic E-state index is -0.468. The van der Waals surface area contributed by atoms with Crippen LogP contribution in [-0.2, 0) is 14.3 Å². The number of halogens is 1. The number of carbonyl (C=O) groups excluding carboxylic acids is 2. The monoisotopic (exact) mass is 354 g/mol. The zero-order valence-electron chi connectivity index (χ0n) is 14.4. The van der Waals surface area contributed by atoms with Crippen molar-refractivity contribution >= 4 is 29.2 Å². The van der Waals surface area contributed by atoms with E-state index >= 15 is 0 Å². The van der Waals surface area contributed by atoms with Crippen LogP contribution >= 0.6 is 11.6 Å². The Hall–Kier alpha value is -2.08. The number of ether oxygens (including phenoxy) is 2. The van der Waals surface area contributed by atoms with Gasteiger partial charge in [-0.2, -0.15) is 5.10 Å². The third kappa shape index (κ3) is 6.20. The van der Waals surface area contributed by atoms with Crippen LogP contribution in [0.1, 0.15) is 32.8 Å². The average Bonchev–Trinajstić information content (AvgIpc) is 2.55. The summed E-state index contributed by atoms with van der Waals surface area (Å²) in [5.74, 6) is -0.681. The Morgan fingerprint density at radius 1 is 1.33 bits per heavy atom. The third-order valence-corrected chi connectivity index (χ3v) is 3.76. The van der Waals surface area contributed by atoms with E-state index in [1.807, 2.05) is 13.8 Å². The van der Waals surface area contributed by atoms with E-state index in [2.05, 4.69) is 10.5 Å². The predicted octanol–water partition coefficient (Wildman–Crippen LogP) is 3.11. The molecule has 0 saturated carbocycles. The minimum Gasteiger partial charge on any atom is -0.484 e. The van der Waals surface area contributed by atoms with Gasteiger partial charge in [-0.3, -0.25) is 9.59 Å². The van der Waals surface area contributed by atoms with Gasteiger partial charge in [-0.25, -0.2) is 5.43 Å². The van der Waals surface area contributed by atoms with Crippen LogP contribution in [-0.4, -0.2) is 30.8 Å². The summed E-state index contributed by atoms with van der Waals surface area (Å²) >= 11 is 5.93. The standard InChI is InChI=1S/C17H23ClN2O4/c1-5-14(17(22)23-6-2)12(4)19-20-16(21)10-24-13-7-8-15(18)11(3)9-13/h7-9,14H,5-6,10H2,1-4H3,(H,20,21)/b19-12+/t14-/m1/s1. The first-order chi connectivity index (χ1) is 11.4. The van der Waals surface area contributed by atoms with Crippen LogP contribution in [0.15, 0.2) is 23.3 Å². The Bertz CT molecular complexity index is 617. The third-order valence-electron chi connectivity index (χ3n) is 3.34. The number of aryl methyl sites for hydroxylation is 1. The van der Waals surface area contributed by atoms with Gasteiger partial charge < -0.3 is 9.47 Å². The van der Waals surface area contributed by atoms with E-state index in [1.165, 1.54) is 0 Å². The van der Waals surface area contributed by atoms with Crippen molar-refractivity contribution in [2.45, 2.75) is 34.1 Å². The van der Waals surface area contributed by atoms with Crippen LogP contribution in [0.2, 0.25) is 5.02 Å². The number of carbonyl (C=O) groups is 2. The first kappa shape index (κ1) is 20.0. The van der Waals surface area contributed by atoms with Crippen LogP contribution in [0.4, 0.5) is 0 Å². The Morgan fingerprint density at radius 3 is 2.62 bits per heavy atom. The van der Waals surface area contributed by atoms with Gasteiger partial charge in [-0.15, -0.1) is 0 Å². The summed E-state index contributed by atoms with van der Waals surface area (Å²) in [6, 6.07) is 5.14. The zero-order chi connectivity index (χ0) is 18.1. The van der Waals surface area contributed by atoms with Crippen molar-refractivity contribution < 1.29 is 19.1 Å². The van der Waals surface area contributed by atoms with Crippen LogP contribution in [0.3, 0.4) is 0 Å². The predicted molar refractivity (Wildman–Crippen MR) is 93.3 cm³/mol. The normalized spacial score (nSPS) is 12.5. The second kappa shape index (κ2) is 9.93. The number of amides is 1. The summed E-state index contributed by atoms with van der Waals surface area (Å²) in [5.41, 5.74) is 3.74. The number of esters is 1. The number of hydrazone groups is 1. The van der Waals surface area contributed by atoms with E-state index < -0.39 is 11.8 Å². The van der Waals surface area contributed by atoms with E-state index in [1.54, 1.807) is 32.0 Å². The number of rotatable bonds is 8. The van der Waals surface area contributed by atoms with Gasteiger partial charge >= 0.3 is 5.97 Å². The molecule has 0 bridgehead atoms. The molecule has 0 heterocycles. The largest absolute Gasteiger partial charge is 0.484 e. The van der Waals surface area contributed by atoms with Gasteiger partial charge in [0.1, 0.15) is 5.75 Å². The SMILES string of the molecule is CCOC(=O)[C@H](CC)/C(C)=N/NC(=O)COc1ccc(Cl)c(C)c1. The topological polar surface area (TPSA) is 77.0 Å². The highest BCUT2D eigenvalue weighted by molar-refractivity contribution is 6.31. The zero-order valence-corrected chi connectivity index (χ0v) is 15.1. The van der Waals surface area contributed by atoms with Crippen molar-refractivity contribution in [3.8, 4) is 5.75 Å². The Morgan fingerprint density at radius 2 is 2.04 bits per heavy atom. The lowest BCUT2D eigenvalue weighted by Gasteiger charge is -2.13. The molecule has 1 aromatic carbocycles. The average molecular weight is 355 g/mol. The van der Waals surface area contributed by atoms with Crippen LogP contribution in [0, 0.1) is 12.8 Å². The molecule has 6 nitrogen and oxygen atoms in total. The summed E-state index contributed by atoms with van der Waals surface area (Å²) in [5, 5.41) is 4.59. The number of hydrogen-bond donors (Lipinski definition) is 1. The molecule has 0 radical (unpaired) electrons. The van der Waals surface area contributed by atoms with E-state index in [-0.39, 0.29) is 12.6 Å². The highest BCUT2D eigenvalue weighted by Crippen LogP contribution is 2.20. The van der Waals surface area contributed by atoms with E-state index in [9.17, 15) is 9.59 Å². The number of benzene rings is 1. The van der Waals surface area contributed by atoms with Crippen molar-refractivity contribution in [1.82, 2.24) is 5.43 Å². The number of nitrogens with zero attached hydrogens (tertiary/aromatic N) is 1. The van der Waals surface area contributed by atoms with E-state index in [4.69, 9.17) is 21.1 Å². The Labute approximate surface area is 147 Å². The molecule has 1 amide bonds. The summed E-state index contributed by atoms with van der Waals surface area (Å²) < 4.78 is 10.4. The molecule has 0 aliphatic carbocycles. The lowest BCUT2D eigenvalue weighted by molar-refractivity contribution is -0.145. The summed E-state index contributed by atoms with van der Waals surface area (Å²) in [6.07, 6.45) is 0.546. The Kier molecular flexibility index (Phi) is 8.26. The van der Waals surface area contributed by atoms with Crippen molar-refractivity contribution in [3.63, 3.8) is 0 Å². The van der Waals surface area contributed by atoms with Gasteiger partial charge in [0.2, 0.25) is 0 Å². The van der Waals surface area contributed by atoms with Gasteiger partial charge in [0.25, 0.3) is 5.91 Å². The molecular formula is C17H23ClN2O4. The van der Waals surface area contributed by atoms with Crippen LogP contribution in [0.25, 0.3) is 0 Å². The first-order valence-corrected chi connectivity index (χ1v) is 8.15. The summed E-state index contributed by atoms with van der Waals surface area (Å²) in [4.78, 5) is 23.6. The second-order valence-electron chi connectivity index (χ2n) is 5.20. The molecule has 1 rings (SSSR count). The maximum Gasteiger partial charge on any atom is 0.314 e. The molecule has 7 heteroatoms. The van der Waals surface area contributed by atoms with Gasteiger partial charge in [0.15, 0.2) is 6.61 Å². The smallest absolute Gasteiger partial charge is 0.314 e. The van der Waals surface area contributed by atoms with Gasteiger partial charge in [0.05, 0.1) is 12.5 Å². The highest BCUT2D eigenvalue weighted by Gasteiger charge is 2.21. The quantitative estimate of drug-likeness (QED) is 0.442. The Balaban J connectivity index is 2.54. The van der Waals surface area contributed by atoms with Gasteiger partial charge in [-0.1, -0.05) is 18.5 Å². The molecule has 1 atom stereocenters. The van der Waals surface area contributed by atoms with Crippen LogP contribution < -0.4 is 10.2 Å². The molecule has 0 aliphatic rings. The number of nitrogens with one attached hydrogen (secondary N) is 1. The maximum atomic E-state index is 11.8. The minimum absolute atomic E-state index is 0.186. The molecule has 1 aromatic rings. The molecule has 132 valence electrons. The van der Waals surface area contributed by atoms with E-state index in [0.29, 0.717) is 29.5 Å². The molecule has 0 saturated heterocycles. The molecule has 24 heavy (non-hydrogen) atoms. The first-order valence-electron chi connectivity index (χ1n) is 7.77.